The minimum absolute atomic E-state index is 0.775. The molecule has 0 aliphatic rings. The number of hydrogen-bond donors (Lipinski definition) is 1. The molecule has 0 aromatic rings. The first-order valence-corrected chi connectivity index (χ1v) is 3.33. The fourth-order valence-electron chi connectivity index (χ4n) is 0.205. The van der Waals surface area contributed by atoms with Crippen molar-refractivity contribution in [2.75, 3.05) is 12.5 Å². The van der Waals surface area contributed by atoms with Gasteiger partial charge in [0.1, 0.15) is 7.85 Å². The molecule has 0 atom stereocenters. The summed E-state index contributed by atoms with van der Waals surface area (Å²) < 4.78 is 0. The van der Waals surface area contributed by atoms with Crippen molar-refractivity contribution in [3.05, 3.63) is 12.2 Å². The number of rotatable bonds is 3. The van der Waals surface area contributed by atoms with E-state index in [1.807, 2.05) is 12.1 Å². The lowest BCUT2D eigenvalue weighted by Crippen LogP contribution is -2.28. The standard InChI is InChI=1S/C4H8BBrN2/c1-8(4-6)7-3-2-5/h2-3,7H,4H2,1H3/b3-2+. The minimum Gasteiger partial charge on any atom is -0.327 e. The van der Waals surface area contributed by atoms with Crippen molar-refractivity contribution in [2.24, 2.45) is 0 Å². The third kappa shape index (κ3) is 4.21. The van der Waals surface area contributed by atoms with E-state index < -0.39 is 0 Å². The minimum atomic E-state index is 0.775. The van der Waals surface area contributed by atoms with Gasteiger partial charge in [0.25, 0.3) is 0 Å². The van der Waals surface area contributed by atoms with E-state index in [0.717, 1.165) is 5.45 Å². The van der Waals surface area contributed by atoms with Gasteiger partial charge in [-0.05, 0) is 6.20 Å². The van der Waals surface area contributed by atoms with Gasteiger partial charge in [-0.3, -0.25) is 0 Å². The molecule has 0 heterocycles. The van der Waals surface area contributed by atoms with Crippen molar-refractivity contribution < 1.29 is 0 Å². The van der Waals surface area contributed by atoms with Crippen LogP contribution < -0.4 is 5.43 Å². The summed E-state index contributed by atoms with van der Waals surface area (Å²) in [5.74, 6) is 1.44. The fourth-order valence-corrected chi connectivity index (χ4v) is 0.350. The summed E-state index contributed by atoms with van der Waals surface area (Å²) in [4.78, 5) is 0. The molecule has 0 saturated heterocycles. The van der Waals surface area contributed by atoms with E-state index in [-0.39, 0.29) is 0 Å². The van der Waals surface area contributed by atoms with Crippen LogP contribution >= 0.6 is 15.9 Å². The van der Waals surface area contributed by atoms with Crippen LogP contribution in [0.25, 0.3) is 0 Å². The summed E-state index contributed by atoms with van der Waals surface area (Å²) in [7, 11) is 6.94. The van der Waals surface area contributed by atoms with E-state index in [0.29, 0.717) is 0 Å². The maximum absolute atomic E-state index is 5.05. The molecule has 44 valence electrons. The predicted octanol–water partition coefficient (Wildman–Crippen LogP) is 0.415. The monoisotopic (exact) mass is 174 g/mol. The van der Waals surface area contributed by atoms with Gasteiger partial charge in [-0.1, -0.05) is 15.9 Å². The molecule has 0 amide bonds. The first kappa shape index (κ1) is 8.04. The summed E-state index contributed by atoms with van der Waals surface area (Å²) in [5.41, 5.74) is 3.64. The molecule has 0 bridgehead atoms. The van der Waals surface area contributed by atoms with Crippen molar-refractivity contribution in [1.82, 2.24) is 10.4 Å². The molecule has 2 nitrogen and oxygen atoms in total. The Labute approximate surface area is 59.4 Å². The Morgan fingerprint density at radius 1 is 1.88 bits per heavy atom. The smallest absolute Gasteiger partial charge is 0.104 e. The van der Waals surface area contributed by atoms with Crippen molar-refractivity contribution in [3.8, 4) is 0 Å². The van der Waals surface area contributed by atoms with E-state index >= 15 is 0 Å². The maximum atomic E-state index is 5.05. The molecule has 0 spiro atoms. The van der Waals surface area contributed by atoms with Crippen molar-refractivity contribution in [3.63, 3.8) is 0 Å². The molecule has 0 fully saturated rings. The second kappa shape index (κ2) is 5.19. The average molecular weight is 175 g/mol. The van der Waals surface area contributed by atoms with Crippen molar-refractivity contribution in [1.29, 1.82) is 0 Å². The summed E-state index contributed by atoms with van der Waals surface area (Å²) >= 11 is 3.23. The molecular formula is C4H8BBrN2. The van der Waals surface area contributed by atoms with Gasteiger partial charge in [0.2, 0.25) is 0 Å². The Kier molecular flexibility index (Phi) is 5.22. The highest BCUT2D eigenvalue weighted by Gasteiger charge is 1.83. The van der Waals surface area contributed by atoms with Crippen LogP contribution in [-0.4, -0.2) is 25.4 Å². The normalized spacial score (nSPS) is 10.9. The Morgan fingerprint density at radius 3 is 2.88 bits per heavy atom. The molecule has 0 aromatic carbocycles. The molecule has 0 aliphatic carbocycles. The summed E-state index contributed by atoms with van der Waals surface area (Å²) in [6.45, 7) is 0. The van der Waals surface area contributed by atoms with E-state index in [2.05, 4.69) is 21.4 Å². The lowest BCUT2D eigenvalue weighted by atomic mass is 10.2. The molecular weight excluding hydrogens is 167 g/mol. The molecule has 4 heteroatoms. The summed E-state index contributed by atoms with van der Waals surface area (Å²) in [6, 6.07) is 0. The van der Waals surface area contributed by atoms with Crippen LogP contribution in [-0.2, 0) is 0 Å². The number of hydrazine groups is 1. The van der Waals surface area contributed by atoms with Crippen LogP contribution in [0, 0.1) is 0 Å². The molecule has 0 saturated carbocycles. The van der Waals surface area contributed by atoms with E-state index in [1.54, 1.807) is 6.20 Å². The highest BCUT2D eigenvalue weighted by Crippen LogP contribution is 1.81. The fraction of sp³-hybridized carbons (Fsp3) is 0.500. The first-order chi connectivity index (χ1) is 3.81. The summed E-state index contributed by atoms with van der Waals surface area (Å²) in [6.07, 6.45) is 1.65. The third-order valence-electron chi connectivity index (χ3n) is 0.570. The van der Waals surface area contributed by atoms with Gasteiger partial charge < -0.3 is 5.43 Å². The predicted molar refractivity (Wildman–Crippen MR) is 39.6 cm³/mol. The van der Waals surface area contributed by atoms with Gasteiger partial charge in [0, 0.05) is 7.05 Å². The lowest BCUT2D eigenvalue weighted by Gasteiger charge is -2.10. The molecule has 1 N–H and O–H groups in total. The zero-order chi connectivity index (χ0) is 6.41. The van der Waals surface area contributed by atoms with Gasteiger partial charge >= 0.3 is 0 Å². The topological polar surface area (TPSA) is 15.3 Å². The number of nitrogens with one attached hydrogen (secondary N) is 1. The van der Waals surface area contributed by atoms with Gasteiger partial charge in [0.15, 0.2) is 0 Å². The molecule has 8 heavy (non-hydrogen) atoms. The molecule has 2 radical (unpaired) electrons. The second-order valence-electron chi connectivity index (χ2n) is 1.31. The quantitative estimate of drug-likeness (QED) is 0.289. The van der Waals surface area contributed by atoms with Gasteiger partial charge in [-0.15, -0.1) is 5.98 Å². The Bertz CT molecular complexity index is 76.4. The van der Waals surface area contributed by atoms with Crippen LogP contribution in [0.4, 0.5) is 0 Å². The third-order valence-corrected chi connectivity index (χ3v) is 1.32. The van der Waals surface area contributed by atoms with Crippen LogP contribution in [0.1, 0.15) is 0 Å². The van der Waals surface area contributed by atoms with Crippen LogP contribution in [0.5, 0.6) is 0 Å². The zero-order valence-electron chi connectivity index (χ0n) is 4.76. The Morgan fingerprint density at radius 2 is 2.50 bits per heavy atom. The van der Waals surface area contributed by atoms with Gasteiger partial charge in [-0.2, -0.15) is 0 Å². The second-order valence-corrected chi connectivity index (χ2v) is 1.81. The van der Waals surface area contributed by atoms with Crippen LogP contribution in [0.3, 0.4) is 0 Å². The number of hydrogen-bond acceptors (Lipinski definition) is 2. The van der Waals surface area contributed by atoms with Crippen LogP contribution in [0.2, 0.25) is 0 Å². The Hall–Kier alpha value is 0.0449. The largest absolute Gasteiger partial charge is 0.327 e. The molecule has 0 aromatic heterocycles. The van der Waals surface area contributed by atoms with E-state index in [1.165, 1.54) is 5.98 Å². The SMILES string of the molecule is [B]/C=C/NN(C)CBr. The molecule has 0 aliphatic heterocycles. The van der Waals surface area contributed by atoms with Gasteiger partial charge in [0.05, 0.1) is 5.45 Å². The van der Waals surface area contributed by atoms with Gasteiger partial charge in [-0.25, -0.2) is 5.01 Å². The number of nitrogens with zero attached hydrogens (tertiary/aromatic N) is 1. The van der Waals surface area contributed by atoms with Crippen molar-refractivity contribution in [2.45, 2.75) is 0 Å². The van der Waals surface area contributed by atoms with Crippen LogP contribution in [0.15, 0.2) is 12.2 Å². The van der Waals surface area contributed by atoms with Crippen molar-refractivity contribution >= 4 is 23.8 Å². The summed E-state index contributed by atoms with van der Waals surface area (Å²) in [5, 5.41) is 1.84. The zero-order valence-corrected chi connectivity index (χ0v) is 6.35. The molecule has 0 rings (SSSR count). The first-order valence-electron chi connectivity index (χ1n) is 2.21. The number of halogens is 1. The maximum Gasteiger partial charge on any atom is 0.104 e. The van der Waals surface area contributed by atoms with E-state index in [9.17, 15) is 0 Å². The number of alkyl halides is 1. The lowest BCUT2D eigenvalue weighted by molar-refractivity contribution is 0.331. The Balaban J connectivity index is 3.10. The average Bonchev–Trinajstić information content (AvgIpc) is 1.83. The van der Waals surface area contributed by atoms with E-state index in [4.69, 9.17) is 7.85 Å². The highest BCUT2D eigenvalue weighted by atomic mass is 79.9. The highest BCUT2D eigenvalue weighted by molar-refractivity contribution is 9.09. The molecule has 0 unspecified atom stereocenters.